The van der Waals surface area contributed by atoms with Crippen LogP contribution in [-0.4, -0.2) is 11.4 Å². The van der Waals surface area contributed by atoms with Crippen LogP contribution in [0.1, 0.15) is 50.5 Å². The van der Waals surface area contributed by atoms with E-state index in [4.69, 9.17) is 18.0 Å². The molecule has 0 aliphatic heterocycles. The van der Waals surface area contributed by atoms with E-state index in [0.29, 0.717) is 29.2 Å². The van der Waals surface area contributed by atoms with Gasteiger partial charge in [-0.05, 0) is 67.3 Å². The number of benzene rings is 1. The summed E-state index contributed by atoms with van der Waals surface area (Å²) in [5, 5.41) is 0. The highest BCUT2D eigenvalue weighted by Gasteiger charge is 2.62. The second-order valence-electron chi connectivity index (χ2n) is 8.44. The van der Waals surface area contributed by atoms with E-state index in [2.05, 4.69) is 30.3 Å². The summed E-state index contributed by atoms with van der Waals surface area (Å²) in [6, 6.07) is 10.7. The van der Waals surface area contributed by atoms with Crippen LogP contribution in [0.4, 0.5) is 8.78 Å². The fourth-order valence-corrected chi connectivity index (χ4v) is 6.69. The van der Waals surface area contributed by atoms with E-state index in [1.165, 1.54) is 5.56 Å². The summed E-state index contributed by atoms with van der Waals surface area (Å²) in [6.07, 6.45) is 3.82. The molecule has 1 nitrogen and oxygen atoms in total. The van der Waals surface area contributed by atoms with Crippen molar-refractivity contribution in [2.75, 3.05) is 0 Å². The minimum absolute atomic E-state index is 0.0378. The van der Waals surface area contributed by atoms with Gasteiger partial charge >= 0.3 is 0 Å². The van der Waals surface area contributed by atoms with E-state index in [1.807, 2.05) is 0 Å². The van der Waals surface area contributed by atoms with Crippen LogP contribution in [0, 0.1) is 23.2 Å². The molecule has 2 unspecified atom stereocenters. The van der Waals surface area contributed by atoms with Crippen molar-refractivity contribution < 1.29 is 8.78 Å². The fourth-order valence-electron chi connectivity index (χ4n) is 6.45. The molecule has 2 N–H and O–H groups in total. The third-order valence-electron chi connectivity index (χ3n) is 7.13. The molecular weight excluding hydrogens is 324 g/mol. The lowest BCUT2D eigenvalue weighted by Crippen LogP contribution is -2.60. The molecular formula is C20H25F2NS. The number of nitrogens with two attached hydrogens (primary N) is 1. The van der Waals surface area contributed by atoms with Crippen molar-refractivity contribution in [1.82, 2.24) is 0 Å². The van der Waals surface area contributed by atoms with Crippen LogP contribution < -0.4 is 5.73 Å². The quantitative estimate of drug-likeness (QED) is 0.750. The number of halogens is 2. The van der Waals surface area contributed by atoms with Crippen LogP contribution in [0.25, 0.3) is 0 Å². The summed E-state index contributed by atoms with van der Waals surface area (Å²) in [5.41, 5.74) is 7.71. The second kappa shape index (κ2) is 5.76. The molecule has 0 amide bonds. The van der Waals surface area contributed by atoms with Gasteiger partial charge in [0, 0.05) is 11.8 Å². The molecule has 0 aromatic heterocycles. The van der Waals surface area contributed by atoms with Gasteiger partial charge in [-0.15, -0.1) is 0 Å². The smallest absolute Gasteiger partial charge is 0.238 e. The molecule has 4 fully saturated rings. The van der Waals surface area contributed by atoms with Crippen LogP contribution in [-0.2, 0) is 5.41 Å². The molecule has 4 heteroatoms. The Kier molecular flexibility index (Phi) is 3.94. The van der Waals surface area contributed by atoms with Crippen LogP contribution >= 0.6 is 12.2 Å². The van der Waals surface area contributed by atoms with E-state index >= 15 is 0 Å². The minimum Gasteiger partial charge on any atom is -0.393 e. The zero-order valence-corrected chi connectivity index (χ0v) is 14.7. The van der Waals surface area contributed by atoms with Gasteiger partial charge in [-0.3, -0.25) is 0 Å². The Bertz CT molecular complexity index is 614. The molecule has 4 aliphatic carbocycles. The van der Waals surface area contributed by atoms with E-state index in [9.17, 15) is 8.78 Å². The van der Waals surface area contributed by atoms with Crippen LogP contribution in [0.2, 0.25) is 0 Å². The molecule has 1 aromatic rings. The van der Waals surface area contributed by atoms with Gasteiger partial charge in [-0.2, -0.15) is 0 Å². The summed E-state index contributed by atoms with van der Waals surface area (Å²) in [5.74, 6) is 1.41. The molecule has 0 radical (unpaired) electrons. The zero-order chi connectivity index (χ0) is 16.9. The summed E-state index contributed by atoms with van der Waals surface area (Å²) in [4.78, 5) is 0.657. The van der Waals surface area contributed by atoms with E-state index in [0.717, 1.165) is 32.1 Å². The Hall–Kier alpha value is -1.03. The van der Waals surface area contributed by atoms with Crippen LogP contribution in [0.3, 0.4) is 0 Å². The van der Waals surface area contributed by atoms with Gasteiger partial charge in [0.25, 0.3) is 0 Å². The predicted octanol–water partition coefficient (Wildman–Crippen LogP) is 5.08. The van der Waals surface area contributed by atoms with E-state index in [1.54, 1.807) is 0 Å². The van der Waals surface area contributed by atoms with Gasteiger partial charge in [0.15, 0.2) is 0 Å². The standard InChI is InChI=1S/C20H25F2NS/c21-17(22)7-6-16-13-8-19(15-4-2-1-3-5-15)9-14(16)11-20(10-13,12-19)18(23)24/h1-5,13-14,16-17H,6-12H2,(H2,23,24). The lowest BCUT2D eigenvalue weighted by molar-refractivity contribution is -0.0864. The molecule has 4 aliphatic rings. The first-order valence-corrected chi connectivity index (χ1v) is 9.49. The van der Waals surface area contributed by atoms with E-state index < -0.39 is 6.43 Å². The average Bonchev–Trinajstić information content (AvgIpc) is 2.54. The largest absolute Gasteiger partial charge is 0.393 e. The normalized spacial score (nSPS) is 40.2. The Morgan fingerprint density at radius 1 is 1.12 bits per heavy atom. The Morgan fingerprint density at radius 2 is 1.75 bits per heavy atom. The highest BCUT2D eigenvalue weighted by atomic mass is 32.1. The summed E-state index contributed by atoms with van der Waals surface area (Å²) < 4.78 is 25.5. The highest BCUT2D eigenvalue weighted by molar-refractivity contribution is 7.80. The topological polar surface area (TPSA) is 26.0 Å². The molecule has 5 rings (SSSR count). The van der Waals surface area contributed by atoms with Gasteiger partial charge in [-0.25, -0.2) is 8.78 Å². The van der Waals surface area contributed by atoms with Crippen LogP contribution in [0.5, 0.6) is 0 Å². The molecule has 0 spiro atoms. The first-order chi connectivity index (χ1) is 11.4. The second-order valence-corrected chi connectivity index (χ2v) is 8.88. The molecule has 4 bridgehead atoms. The summed E-state index contributed by atoms with van der Waals surface area (Å²) >= 11 is 5.49. The molecule has 4 saturated carbocycles. The third-order valence-corrected chi connectivity index (χ3v) is 7.56. The number of hydrogen-bond donors (Lipinski definition) is 1. The molecule has 130 valence electrons. The molecule has 1 aromatic carbocycles. The summed E-state index contributed by atoms with van der Waals surface area (Å²) in [7, 11) is 0. The third kappa shape index (κ3) is 2.49. The van der Waals surface area contributed by atoms with Crippen LogP contribution in [0.15, 0.2) is 30.3 Å². The maximum atomic E-state index is 12.8. The van der Waals surface area contributed by atoms with Crippen molar-refractivity contribution in [1.29, 1.82) is 0 Å². The Morgan fingerprint density at radius 3 is 2.29 bits per heavy atom. The SMILES string of the molecule is NC(=S)C12CC3CC(c4ccccc4)(CC(C1)C3CCC(F)F)C2. The molecule has 0 saturated heterocycles. The Labute approximate surface area is 148 Å². The van der Waals surface area contributed by atoms with Gasteiger partial charge in [-0.1, -0.05) is 42.5 Å². The maximum Gasteiger partial charge on any atom is 0.238 e. The van der Waals surface area contributed by atoms with Crippen molar-refractivity contribution in [3.8, 4) is 0 Å². The van der Waals surface area contributed by atoms with Crippen molar-refractivity contribution in [2.24, 2.45) is 28.9 Å². The van der Waals surface area contributed by atoms with Crippen molar-refractivity contribution in [3.05, 3.63) is 35.9 Å². The maximum absolute atomic E-state index is 12.8. The first kappa shape index (κ1) is 16.4. The number of rotatable bonds is 5. The van der Waals surface area contributed by atoms with Crippen molar-refractivity contribution in [2.45, 2.75) is 56.8 Å². The van der Waals surface area contributed by atoms with Gasteiger partial charge in [0.2, 0.25) is 6.43 Å². The molecule has 2 atom stereocenters. The summed E-state index contributed by atoms with van der Waals surface area (Å²) in [6.45, 7) is 0. The Balaban J connectivity index is 1.68. The predicted molar refractivity (Wildman–Crippen MR) is 96.1 cm³/mol. The minimum atomic E-state index is -2.19. The average molecular weight is 349 g/mol. The molecule has 0 heterocycles. The van der Waals surface area contributed by atoms with E-state index in [-0.39, 0.29) is 17.3 Å². The highest BCUT2D eigenvalue weighted by Crippen LogP contribution is 2.68. The number of thiocarbonyl (C=S) groups is 1. The monoisotopic (exact) mass is 349 g/mol. The number of alkyl halides is 2. The van der Waals surface area contributed by atoms with Gasteiger partial charge < -0.3 is 5.73 Å². The fraction of sp³-hybridized carbons (Fsp3) is 0.650. The zero-order valence-electron chi connectivity index (χ0n) is 13.9. The number of hydrogen-bond acceptors (Lipinski definition) is 1. The molecule has 24 heavy (non-hydrogen) atoms. The lowest BCUT2D eigenvalue weighted by atomic mass is 9.40. The lowest BCUT2D eigenvalue weighted by Gasteiger charge is -2.65. The van der Waals surface area contributed by atoms with Gasteiger partial charge in [0.1, 0.15) is 0 Å². The first-order valence-electron chi connectivity index (χ1n) is 9.08. The van der Waals surface area contributed by atoms with Gasteiger partial charge in [0.05, 0.1) is 4.99 Å². The van der Waals surface area contributed by atoms with Crippen molar-refractivity contribution in [3.63, 3.8) is 0 Å². The van der Waals surface area contributed by atoms with Crippen molar-refractivity contribution >= 4 is 17.2 Å².